The third-order valence-electron chi connectivity index (χ3n) is 1.38. The van der Waals surface area contributed by atoms with Gasteiger partial charge in [0.1, 0.15) is 0 Å². The van der Waals surface area contributed by atoms with Gasteiger partial charge in [0.15, 0.2) is 0 Å². The van der Waals surface area contributed by atoms with Gasteiger partial charge in [-0.15, -0.1) is 0 Å². The fraction of sp³-hybridized carbons (Fsp3) is 0.400. The molecule has 1 nitrogen and oxygen atoms in total. The van der Waals surface area contributed by atoms with Crippen LogP contribution in [0.25, 0.3) is 0 Å². The Kier molecular flexibility index (Phi) is 4.04. The molecule has 0 unspecified atom stereocenters. The van der Waals surface area contributed by atoms with E-state index in [-0.39, 0.29) is 0 Å². The first-order valence-corrected chi connectivity index (χ1v) is 5.12. The van der Waals surface area contributed by atoms with Gasteiger partial charge in [-0.2, -0.15) is 0 Å². The van der Waals surface area contributed by atoms with Crippen molar-refractivity contribution in [3.05, 3.63) is 30.3 Å². The summed E-state index contributed by atoms with van der Waals surface area (Å²) < 4.78 is 5.51. The van der Waals surface area contributed by atoms with Gasteiger partial charge < -0.3 is 4.43 Å². The highest BCUT2D eigenvalue weighted by molar-refractivity contribution is 6.46. The van der Waals surface area contributed by atoms with Gasteiger partial charge in [0, 0.05) is 6.61 Å². The summed E-state index contributed by atoms with van der Waals surface area (Å²) in [5, 5.41) is 1.28. The predicted molar refractivity (Wildman–Crippen MR) is 52.6 cm³/mol. The van der Waals surface area contributed by atoms with Crippen molar-refractivity contribution in [3.63, 3.8) is 0 Å². The Labute approximate surface area is 76.7 Å². The standard InChI is InChI=1S/C10H14OSi/c1-9(2)8-11-12-10-6-4-3-5-7-10/h3-7,9H,8H2,1-2H3. The minimum Gasteiger partial charge on any atom is -0.411 e. The lowest BCUT2D eigenvalue weighted by Gasteiger charge is -2.04. The second-order valence-corrected chi connectivity index (χ2v) is 4.24. The van der Waals surface area contributed by atoms with Crippen molar-refractivity contribution in [1.29, 1.82) is 0 Å². The van der Waals surface area contributed by atoms with Crippen LogP contribution in [0.15, 0.2) is 30.3 Å². The molecule has 0 fully saturated rings. The number of hydrogen-bond acceptors (Lipinski definition) is 1. The summed E-state index contributed by atoms with van der Waals surface area (Å²) in [6, 6.07) is 10.3. The van der Waals surface area contributed by atoms with E-state index in [1.807, 2.05) is 18.2 Å². The maximum absolute atomic E-state index is 5.51. The highest BCUT2D eigenvalue weighted by Crippen LogP contribution is 1.91. The van der Waals surface area contributed by atoms with E-state index in [0.717, 1.165) is 6.61 Å². The summed E-state index contributed by atoms with van der Waals surface area (Å²) >= 11 is 0. The molecule has 1 rings (SSSR count). The van der Waals surface area contributed by atoms with Crippen molar-refractivity contribution in [1.82, 2.24) is 0 Å². The second kappa shape index (κ2) is 5.12. The molecule has 1 aromatic rings. The Hall–Kier alpha value is -0.603. The van der Waals surface area contributed by atoms with Crippen molar-refractivity contribution in [3.8, 4) is 0 Å². The van der Waals surface area contributed by atoms with Crippen molar-refractivity contribution in [2.75, 3.05) is 6.61 Å². The molecule has 1 aromatic carbocycles. The van der Waals surface area contributed by atoms with Crippen molar-refractivity contribution < 1.29 is 4.43 Å². The highest BCUT2D eigenvalue weighted by Gasteiger charge is 1.96. The minimum absolute atomic E-state index is 0.497. The molecule has 0 N–H and O–H groups in total. The zero-order chi connectivity index (χ0) is 8.81. The first-order valence-electron chi connectivity index (χ1n) is 4.22. The minimum atomic E-state index is 0.497. The third-order valence-corrected chi connectivity index (χ3v) is 2.26. The monoisotopic (exact) mass is 178 g/mol. The molecule has 0 bridgehead atoms. The zero-order valence-electron chi connectivity index (χ0n) is 7.58. The van der Waals surface area contributed by atoms with Gasteiger partial charge in [0.2, 0.25) is 0 Å². The average Bonchev–Trinajstić information content (AvgIpc) is 2.05. The normalized spacial score (nSPS) is 10.6. The lowest BCUT2D eigenvalue weighted by atomic mass is 10.2. The second-order valence-electron chi connectivity index (χ2n) is 3.17. The number of rotatable bonds is 4. The molecule has 0 spiro atoms. The van der Waals surface area contributed by atoms with Crippen LogP contribution in [0.3, 0.4) is 0 Å². The van der Waals surface area contributed by atoms with Crippen LogP contribution in [-0.2, 0) is 4.43 Å². The Balaban J connectivity index is 2.25. The number of hydrogen-bond donors (Lipinski definition) is 0. The maximum atomic E-state index is 5.51. The quantitative estimate of drug-likeness (QED) is 0.636. The third kappa shape index (κ3) is 3.69. The zero-order valence-corrected chi connectivity index (χ0v) is 8.58. The number of benzene rings is 1. The van der Waals surface area contributed by atoms with Crippen LogP contribution in [0.4, 0.5) is 0 Å². The molecule has 2 heteroatoms. The molecule has 0 saturated carbocycles. The van der Waals surface area contributed by atoms with Crippen LogP contribution < -0.4 is 5.19 Å². The molecule has 64 valence electrons. The summed E-state index contributed by atoms with van der Waals surface area (Å²) in [7, 11) is 0.497. The van der Waals surface area contributed by atoms with Crippen LogP contribution in [0.1, 0.15) is 13.8 Å². The van der Waals surface area contributed by atoms with Gasteiger partial charge in [-0.25, -0.2) is 0 Å². The smallest absolute Gasteiger partial charge is 0.268 e. The SMILES string of the molecule is CC(C)CO[Si]c1ccccc1. The van der Waals surface area contributed by atoms with Gasteiger partial charge in [0.05, 0.1) is 0 Å². The molecular formula is C10H14OSi. The summed E-state index contributed by atoms with van der Waals surface area (Å²) in [6.07, 6.45) is 0. The molecule has 0 aliphatic rings. The van der Waals surface area contributed by atoms with Crippen LogP contribution >= 0.6 is 0 Å². The molecule has 0 saturated heterocycles. The van der Waals surface area contributed by atoms with E-state index in [9.17, 15) is 0 Å². The van der Waals surface area contributed by atoms with E-state index in [1.54, 1.807) is 0 Å². The first kappa shape index (κ1) is 9.48. The topological polar surface area (TPSA) is 9.23 Å². The average molecular weight is 178 g/mol. The predicted octanol–water partition coefficient (Wildman–Crippen LogP) is 1.60. The Morgan fingerprint density at radius 2 is 1.92 bits per heavy atom. The first-order chi connectivity index (χ1) is 5.79. The summed E-state index contributed by atoms with van der Waals surface area (Å²) in [6.45, 7) is 5.18. The molecule has 0 aliphatic carbocycles. The van der Waals surface area contributed by atoms with E-state index in [0.29, 0.717) is 15.7 Å². The molecule has 2 radical (unpaired) electrons. The highest BCUT2D eigenvalue weighted by atomic mass is 28.2. The van der Waals surface area contributed by atoms with Crippen molar-refractivity contribution >= 4 is 14.9 Å². The van der Waals surface area contributed by atoms with Gasteiger partial charge in [0.25, 0.3) is 9.76 Å². The van der Waals surface area contributed by atoms with Crippen LogP contribution in [-0.4, -0.2) is 16.4 Å². The van der Waals surface area contributed by atoms with Gasteiger partial charge in [-0.3, -0.25) is 0 Å². The Bertz CT molecular complexity index is 208. The molecule has 0 heterocycles. The van der Waals surface area contributed by atoms with E-state index < -0.39 is 0 Å². The van der Waals surface area contributed by atoms with E-state index >= 15 is 0 Å². The fourth-order valence-corrected chi connectivity index (χ4v) is 1.71. The molecular weight excluding hydrogens is 164 g/mol. The lowest BCUT2D eigenvalue weighted by molar-refractivity contribution is 0.289. The molecule has 0 aliphatic heterocycles. The summed E-state index contributed by atoms with van der Waals surface area (Å²) in [5.41, 5.74) is 0. The lowest BCUT2D eigenvalue weighted by Crippen LogP contribution is -2.18. The summed E-state index contributed by atoms with van der Waals surface area (Å²) in [5.74, 6) is 0.626. The van der Waals surface area contributed by atoms with E-state index in [1.165, 1.54) is 5.19 Å². The van der Waals surface area contributed by atoms with Crippen LogP contribution in [0, 0.1) is 5.92 Å². The molecule has 0 atom stereocenters. The van der Waals surface area contributed by atoms with Crippen LogP contribution in [0.5, 0.6) is 0 Å². The van der Waals surface area contributed by atoms with Crippen molar-refractivity contribution in [2.24, 2.45) is 5.92 Å². The summed E-state index contributed by atoms with van der Waals surface area (Å²) in [4.78, 5) is 0. The molecule has 0 aromatic heterocycles. The maximum Gasteiger partial charge on any atom is 0.268 e. The Morgan fingerprint density at radius 3 is 2.50 bits per heavy atom. The van der Waals surface area contributed by atoms with E-state index in [2.05, 4.69) is 26.0 Å². The molecule has 12 heavy (non-hydrogen) atoms. The largest absolute Gasteiger partial charge is 0.411 e. The fourth-order valence-electron chi connectivity index (χ4n) is 0.798. The molecule has 0 amide bonds. The Morgan fingerprint density at radius 1 is 1.25 bits per heavy atom. The van der Waals surface area contributed by atoms with Crippen molar-refractivity contribution in [2.45, 2.75) is 13.8 Å². The van der Waals surface area contributed by atoms with Gasteiger partial charge in [-0.05, 0) is 11.1 Å². The van der Waals surface area contributed by atoms with E-state index in [4.69, 9.17) is 4.43 Å². The van der Waals surface area contributed by atoms with Gasteiger partial charge >= 0.3 is 0 Å². The van der Waals surface area contributed by atoms with Gasteiger partial charge in [-0.1, -0.05) is 44.2 Å². The van der Waals surface area contributed by atoms with Crippen LogP contribution in [0.2, 0.25) is 0 Å².